The molecule has 4 nitrogen and oxygen atoms in total. The Balaban J connectivity index is 2.64. The highest BCUT2D eigenvalue weighted by Crippen LogP contribution is 2.12. The fraction of sp³-hybridized carbons (Fsp3) is 0.812. The van der Waals surface area contributed by atoms with Gasteiger partial charge in [-0.2, -0.15) is 0 Å². The summed E-state index contributed by atoms with van der Waals surface area (Å²) in [5, 5.41) is 0. The van der Waals surface area contributed by atoms with Gasteiger partial charge in [-0.25, -0.2) is 0 Å². The van der Waals surface area contributed by atoms with Crippen LogP contribution in [0, 0.1) is 5.92 Å². The highest BCUT2D eigenvalue weighted by Gasteiger charge is 2.17. The second-order valence-corrected chi connectivity index (χ2v) is 6.22. The van der Waals surface area contributed by atoms with Gasteiger partial charge in [0.05, 0.1) is 0 Å². The maximum atomic E-state index is 6.34. The van der Waals surface area contributed by atoms with Gasteiger partial charge in [-0.05, 0) is 31.9 Å². The van der Waals surface area contributed by atoms with E-state index in [0.29, 0.717) is 12.0 Å². The summed E-state index contributed by atoms with van der Waals surface area (Å²) in [7, 11) is 0. The predicted molar refractivity (Wildman–Crippen MR) is 88.2 cm³/mol. The van der Waals surface area contributed by atoms with Crippen molar-refractivity contribution in [3.05, 3.63) is 11.3 Å². The Morgan fingerprint density at radius 2 is 1.65 bits per heavy atom. The van der Waals surface area contributed by atoms with Crippen LogP contribution in [0.25, 0.3) is 0 Å². The highest BCUT2D eigenvalue weighted by atomic mass is 15.3. The molecule has 4 heteroatoms. The molecule has 0 spiro atoms. The van der Waals surface area contributed by atoms with E-state index in [1.807, 2.05) is 6.21 Å². The zero-order chi connectivity index (χ0) is 15.1. The van der Waals surface area contributed by atoms with Crippen molar-refractivity contribution in [2.45, 2.75) is 40.7 Å². The second-order valence-electron chi connectivity index (χ2n) is 6.22. The Bertz CT molecular complexity index is 336. The quantitative estimate of drug-likeness (QED) is 0.757. The third kappa shape index (κ3) is 5.63. The van der Waals surface area contributed by atoms with Crippen LogP contribution in [0.15, 0.2) is 16.3 Å². The van der Waals surface area contributed by atoms with Crippen molar-refractivity contribution in [2.75, 3.05) is 39.3 Å². The van der Waals surface area contributed by atoms with E-state index >= 15 is 0 Å². The molecule has 116 valence electrons. The maximum Gasteiger partial charge on any atom is 0.0443 e. The number of likely N-dealkylation sites (N-methyl/N-ethyl adjacent to an activating group) is 1. The van der Waals surface area contributed by atoms with Gasteiger partial charge in [-0.15, -0.1) is 0 Å². The van der Waals surface area contributed by atoms with E-state index in [1.165, 1.54) is 5.57 Å². The molecule has 2 N–H and O–H groups in total. The molecule has 0 saturated carbocycles. The Hall–Kier alpha value is -0.870. The van der Waals surface area contributed by atoms with E-state index in [9.17, 15) is 0 Å². The lowest BCUT2D eigenvalue weighted by Crippen LogP contribution is -2.47. The SMILES string of the molecule is CCN1CCN(CC(N)=C(C=NC(C)C)C(C)C)CC1. The van der Waals surface area contributed by atoms with E-state index in [2.05, 4.69) is 49.4 Å². The lowest BCUT2D eigenvalue weighted by molar-refractivity contribution is 0.145. The van der Waals surface area contributed by atoms with Gasteiger partial charge in [0, 0.05) is 50.7 Å². The number of hydrogen-bond donors (Lipinski definition) is 1. The van der Waals surface area contributed by atoms with Crippen molar-refractivity contribution < 1.29 is 0 Å². The first-order valence-electron chi connectivity index (χ1n) is 7.90. The van der Waals surface area contributed by atoms with Crippen molar-refractivity contribution in [2.24, 2.45) is 16.6 Å². The normalized spacial score (nSPS) is 20.1. The summed E-state index contributed by atoms with van der Waals surface area (Å²) in [5.74, 6) is 0.425. The minimum atomic E-state index is 0.324. The molecule has 1 aliphatic heterocycles. The summed E-state index contributed by atoms with van der Waals surface area (Å²) >= 11 is 0. The van der Waals surface area contributed by atoms with Gasteiger partial charge in [-0.3, -0.25) is 9.89 Å². The lowest BCUT2D eigenvalue weighted by Gasteiger charge is -2.34. The van der Waals surface area contributed by atoms with Gasteiger partial charge in [0.15, 0.2) is 0 Å². The Morgan fingerprint density at radius 3 is 2.10 bits per heavy atom. The van der Waals surface area contributed by atoms with Crippen LogP contribution in [-0.4, -0.2) is 61.3 Å². The van der Waals surface area contributed by atoms with Crippen molar-refractivity contribution in [1.82, 2.24) is 9.80 Å². The number of rotatable bonds is 6. The van der Waals surface area contributed by atoms with Crippen molar-refractivity contribution in [1.29, 1.82) is 0 Å². The van der Waals surface area contributed by atoms with Gasteiger partial charge < -0.3 is 10.6 Å². The number of allylic oxidation sites excluding steroid dienone is 1. The Morgan fingerprint density at radius 1 is 1.10 bits per heavy atom. The monoisotopic (exact) mass is 280 g/mol. The third-order valence-electron chi connectivity index (χ3n) is 3.81. The third-order valence-corrected chi connectivity index (χ3v) is 3.81. The van der Waals surface area contributed by atoms with Gasteiger partial charge in [0.1, 0.15) is 0 Å². The maximum absolute atomic E-state index is 6.34. The van der Waals surface area contributed by atoms with E-state index in [4.69, 9.17) is 5.73 Å². The standard InChI is InChI=1S/C16H32N4/c1-6-19-7-9-20(10-8-19)12-16(17)15(13(2)3)11-18-14(4)5/h11,13-14H,6-10,12,17H2,1-5H3. The molecule has 0 bridgehead atoms. The van der Waals surface area contributed by atoms with E-state index in [-0.39, 0.29) is 0 Å². The highest BCUT2D eigenvalue weighted by molar-refractivity contribution is 5.80. The summed E-state index contributed by atoms with van der Waals surface area (Å²) in [6.45, 7) is 17.3. The molecule has 0 unspecified atom stereocenters. The molecule has 0 aliphatic carbocycles. The molecular weight excluding hydrogens is 248 g/mol. The first kappa shape index (κ1) is 17.2. The molecule has 1 saturated heterocycles. The number of aliphatic imine (C=N–C) groups is 1. The summed E-state index contributed by atoms with van der Waals surface area (Å²) in [6, 6.07) is 0.324. The number of hydrogen-bond acceptors (Lipinski definition) is 4. The fourth-order valence-electron chi connectivity index (χ4n) is 2.43. The van der Waals surface area contributed by atoms with Crippen LogP contribution in [0.1, 0.15) is 34.6 Å². The van der Waals surface area contributed by atoms with Crippen molar-refractivity contribution in [3.8, 4) is 0 Å². The summed E-state index contributed by atoms with van der Waals surface area (Å²) in [4.78, 5) is 9.43. The molecule has 0 atom stereocenters. The molecule has 0 amide bonds. The summed E-state index contributed by atoms with van der Waals surface area (Å²) in [6.07, 6.45) is 1.98. The van der Waals surface area contributed by atoms with E-state index < -0.39 is 0 Å². The number of nitrogens with zero attached hydrogens (tertiary/aromatic N) is 3. The van der Waals surface area contributed by atoms with Crippen LogP contribution in [0.5, 0.6) is 0 Å². The van der Waals surface area contributed by atoms with Crippen molar-refractivity contribution >= 4 is 6.21 Å². The van der Waals surface area contributed by atoms with E-state index in [1.54, 1.807) is 0 Å². The lowest BCUT2D eigenvalue weighted by atomic mass is 10.0. The fourth-order valence-corrected chi connectivity index (χ4v) is 2.43. The van der Waals surface area contributed by atoms with Gasteiger partial charge in [0.25, 0.3) is 0 Å². The summed E-state index contributed by atoms with van der Waals surface area (Å²) < 4.78 is 0. The zero-order valence-corrected chi connectivity index (χ0v) is 13.9. The first-order chi connectivity index (χ1) is 9.43. The molecule has 1 rings (SSSR count). The average molecular weight is 280 g/mol. The predicted octanol–water partition coefficient (Wildman–Crippen LogP) is 1.97. The number of nitrogens with two attached hydrogens (primary N) is 1. The molecule has 1 fully saturated rings. The molecule has 0 aromatic carbocycles. The van der Waals surface area contributed by atoms with Gasteiger partial charge >= 0.3 is 0 Å². The smallest absolute Gasteiger partial charge is 0.0443 e. The van der Waals surface area contributed by atoms with Gasteiger partial charge in [-0.1, -0.05) is 20.8 Å². The van der Waals surface area contributed by atoms with Crippen LogP contribution in [0.3, 0.4) is 0 Å². The molecular formula is C16H32N4. The largest absolute Gasteiger partial charge is 0.401 e. The average Bonchev–Trinajstić information content (AvgIpc) is 2.39. The number of piperazine rings is 1. The molecule has 0 aromatic rings. The molecule has 0 radical (unpaired) electrons. The Labute approximate surface area is 124 Å². The van der Waals surface area contributed by atoms with Gasteiger partial charge in [0.2, 0.25) is 0 Å². The van der Waals surface area contributed by atoms with Crippen LogP contribution in [0.4, 0.5) is 0 Å². The molecule has 1 aliphatic rings. The summed E-state index contributed by atoms with van der Waals surface area (Å²) in [5.41, 5.74) is 8.51. The topological polar surface area (TPSA) is 44.9 Å². The minimum Gasteiger partial charge on any atom is -0.401 e. The second kappa shape index (κ2) is 8.42. The van der Waals surface area contributed by atoms with Crippen LogP contribution in [0.2, 0.25) is 0 Å². The first-order valence-corrected chi connectivity index (χ1v) is 7.90. The molecule has 20 heavy (non-hydrogen) atoms. The molecule has 1 heterocycles. The zero-order valence-electron chi connectivity index (χ0n) is 13.9. The van der Waals surface area contributed by atoms with Crippen LogP contribution < -0.4 is 5.73 Å². The minimum absolute atomic E-state index is 0.324. The van der Waals surface area contributed by atoms with Crippen molar-refractivity contribution in [3.63, 3.8) is 0 Å². The Kier molecular flexibility index (Phi) is 7.24. The molecule has 0 aromatic heterocycles. The van der Waals surface area contributed by atoms with Crippen LogP contribution >= 0.6 is 0 Å². The van der Waals surface area contributed by atoms with Crippen LogP contribution in [-0.2, 0) is 0 Å². The van der Waals surface area contributed by atoms with E-state index in [0.717, 1.165) is 45.0 Å².